The number of carbonyl (C=O) groups excluding carboxylic acids is 3. The minimum absolute atomic E-state index is 0.184. The smallest absolute Gasteiger partial charge is 0.245 e. The predicted octanol–water partition coefficient (Wildman–Crippen LogP) is 0.182. The van der Waals surface area contributed by atoms with E-state index in [9.17, 15) is 23.9 Å². The summed E-state index contributed by atoms with van der Waals surface area (Å²) in [7, 11) is 0. The van der Waals surface area contributed by atoms with Crippen LogP contribution in [0.2, 0.25) is 0 Å². The van der Waals surface area contributed by atoms with Gasteiger partial charge in [-0.3, -0.25) is 14.4 Å². The fourth-order valence-electron chi connectivity index (χ4n) is 3.09. The summed E-state index contributed by atoms with van der Waals surface area (Å²) >= 11 is 0. The molecule has 0 spiro atoms. The SMILES string of the molecule is CC(C)C(=O)[C@H](CCN)NC(=O)[C@@H](NC(=O)C(CCN)c1ccc(F)cc1)C(C)O. The third-order valence-electron chi connectivity index (χ3n) is 4.79. The van der Waals surface area contributed by atoms with Gasteiger partial charge in [0.1, 0.15) is 11.9 Å². The van der Waals surface area contributed by atoms with Crippen LogP contribution in [0.15, 0.2) is 24.3 Å². The van der Waals surface area contributed by atoms with Crippen LogP contribution in [-0.4, -0.2) is 54.0 Å². The molecule has 30 heavy (non-hydrogen) atoms. The molecule has 0 aromatic heterocycles. The highest BCUT2D eigenvalue weighted by molar-refractivity contribution is 5.94. The first kappa shape index (κ1) is 25.7. The van der Waals surface area contributed by atoms with Crippen molar-refractivity contribution in [3.05, 3.63) is 35.6 Å². The average Bonchev–Trinajstić information content (AvgIpc) is 2.69. The van der Waals surface area contributed by atoms with Crippen LogP contribution >= 0.6 is 0 Å². The molecular formula is C21H33FN4O4. The first-order valence-corrected chi connectivity index (χ1v) is 10.1. The van der Waals surface area contributed by atoms with E-state index >= 15 is 0 Å². The second kappa shape index (κ2) is 12.4. The van der Waals surface area contributed by atoms with Crippen molar-refractivity contribution in [3.8, 4) is 0 Å². The number of nitrogens with one attached hydrogen (secondary N) is 2. The van der Waals surface area contributed by atoms with Crippen LogP contribution in [0.1, 0.15) is 45.1 Å². The molecule has 168 valence electrons. The van der Waals surface area contributed by atoms with E-state index in [1.165, 1.54) is 31.2 Å². The van der Waals surface area contributed by atoms with Crippen molar-refractivity contribution in [3.63, 3.8) is 0 Å². The minimum Gasteiger partial charge on any atom is -0.391 e. The summed E-state index contributed by atoms with van der Waals surface area (Å²) in [6, 6.07) is 3.34. The van der Waals surface area contributed by atoms with Gasteiger partial charge < -0.3 is 27.2 Å². The number of aliphatic hydroxyl groups is 1. The Morgan fingerprint density at radius 2 is 1.53 bits per heavy atom. The number of nitrogens with two attached hydrogens (primary N) is 2. The molecule has 0 saturated carbocycles. The highest BCUT2D eigenvalue weighted by Gasteiger charge is 2.32. The average molecular weight is 425 g/mol. The lowest BCUT2D eigenvalue weighted by molar-refractivity contribution is -0.135. The number of carbonyl (C=O) groups is 3. The van der Waals surface area contributed by atoms with Crippen molar-refractivity contribution in [2.45, 2.75) is 57.7 Å². The van der Waals surface area contributed by atoms with Gasteiger partial charge in [0.2, 0.25) is 11.8 Å². The zero-order chi connectivity index (χ0) is 22.8. The first-order chi connectivity index (χ1) is 14.1. The van der Waals surface area contributed by atoms with Gasteiger partial charge in [0, 0.05) is 5.92 Å². The zero-order valence-corrected chi connectivity index (χ0v) is 17.7. The van der Waals surface area contributed by atoms with Crippen LogP contribution in [0.3, 0.4) is 0 Å². The zero-order valence-electron chi connectivity index (χ0n) is 17.7. The van der Waals surface area contributed by atoms with Gasteiger partial charge in [-0.15, -0.1) is 0 Å². The van der Waals surface area contributed by atoms with E-state index in [0.29, 0.717) is 5.56 Å². The standard InChI is InChI=1S/C21H33FN4O4/c1-12(2)19(28)17(9-11-24)25-21(30)18(13(3)27)26-20(29)16(8-10-23)14-4-6-15(22)7-5-14/h4-7,12-13,16-18,27H,8-11,23-24H2,1-3H3,(H,25,30)(H,26,29)/t13?,16?,17-,18-/m0/s1. The van der Waals surface area contributed by atoms with Gasteiger partial charge in [0.05, 0.1) is 18.1 Å². The summed E-state index contributed by atoms with van der Waals surface area (Å²) in [5.41, 5.74) is 11.7. The molecule has 0 aliphatic carbocycles. The number of amides is 2. The van der Waals surface area contributed by atoms with Gasteiger partial charge in [-0.25, -0.2) is 4.39 Å². The molecule has 1 aromatic carbocycles. The molecule has 9 heteroatoms. The third-order valence-corrected chi connectivity index (χ3v) is 4.79. The summed E-state index contributed by atoms with van der Waals surface area (Å²) in [6.45, 7) is 5.18. The van der Waals surface area contributed by atoms with E-state index in [4.69, 9.17) is 11.5 Å². The lowest BCUT2D eigenvalue weighted by atomic mass is 9.94. The lowest BCUT2D eigenvalue weighted by Gasteiger charge is -2.27. The van der Waals surface area contributed by atoms with Crippen LogP contribution < -0.4 is 22.1 Å². The largest absolute Gasteiger partial charge is 0.391 e. The van der Waals surface area contributed by atoms with Crippen LogP contribution in [0, 0.1) is 11.7 Å². The Kier molecular flexibility index (Phi) is 10.6. The topological polar surface area (TPSA) is 148 Å². The number of ketones is 1. The first-order valence-electron chi connectivity index (χ1n) is 10.1. The maximum Gasteiger partial charge on any atom is 0.245 e. The number of rotatable bonds is 12. The normalized spacial score (nSPS) is 15.2. The Morgan fingerprint density at radius 1 is 0.967 bits per heavy atom. The Hall–Kier alpha value is -2.36. The molecule has 2 unspecified atom stereocenters. The second-order valence-corrected chi connectivity index (χ2v) is 7.60. The van der Waals surface area contributed by atoms with Crippen molar-refractivity contribution in [2.75, 3.05) is 13.1 Å². The molecule has 0 bridgehead atoms. The van der Waals surface area contributed by atoms with Gasteiger partial charge in [0.25, 0.3) is 0 Å². The Labute approximate surface area is 176 Å². The molecule has 2 amide bonds. The van der Waals surface area contributed by atoms with Crippen molar-refractivity contribution in [1.29, 1.82) is 0 Å². The molecule has 8 nitrogen and oxygen atoms in total. The molecule has 4 atom stereocenters. The second-order valence-electron chi connectivity index (χ2n) is 7.60. The van der Waals surface area contributed by atoms with Gasteiger partial charge in [0.15, 0.2) is 5.78 Å². The van der Waals surface area contributed by atoms with Gasteiger partial charge in [-0.2, -0.15) is 0 Å². The summed E-state index contributed by atoms with van der Waals surface area (Å²) in [4.78, 5) is 37.9. The Balaban J connectivity index is 2.99. The molecule has 0 radical (unpaired) electrons. The maximum atomic E-state index is 13.2. The van der Waals surface area contributed by atoms with Crippen LogP contribution in [-0.2, 0) is 14.4 Å². The van der Waals surface area contributed by atoms with Crippen LogP contribution in [0.4, 0.5) is 4.39 Å². The molecule has 0 aliphatic heterocycles. The summed E-state index contributed by atoms with van der Waals surface area (Å²) < 4.78 is 13.2. The number of benzene rings is 1. The van der Waals surface area contributed by atoms with Gasteiger partial charge >= 0.3 is 0 Å². The van der Waals surface area contributed by atoms with Crippen molar-refractivity contribution in [2.24, 2.45) is 17.4 Å². The molecule has 7 N–H and O–H groups in total. The van der Waals surface area contributed by atoms with Crippen molar-refractivity contribution >= 4 is 17.6 Å². The quantitative estimate of drug-likeness (QED) is 0.323. The fourth-order valence-corrected chi connectivity index (χ4v) is 3.09. The van der Waals surface area contributed by atoms with E-state index in [0.717, 1.165) is 0 Å². The molecular weight excluding hydrogens is 391 g/mol. The molecule has 0 heterocycles. The Morgan fingerprint density at radius 3 is 2.00 bits per heavy atom. The van der Waals surface area contributed by atoms with Crippen LogP contribution in [0.25, 0.3) is 0 Å². The van der Waals surface area contributed by atoms with Gasteiger partial charge in [-0.1, -0.05) is 26.0 Å². The van der Waals surface area contributed by atoms with Crippen molar-refractivity contribution in [1.82, 2.24) is 10.6 Å². The highest BCUT2D eigenvalue weighted by Crippen LogP contribution is 2.20. The summed E-state index contributed by atoms with van der Waals surface area (Å²) in [5, 5.41) is 15.2. The number of Topliss-reactive ketones (excluding diaryl/α,β-unsaturated/α-hetero) is 1. The number of aliphatic hydroxyl groups excluding tert-OH is 1. The number of hydrogen-bond acceptors (Lipinski definition) is 6. The molecule has 0 fully saturated rings. The van der Waals surface area contributed by atoms with E-state index < -0.39 is 41.7 Å². The number of halogens is 1. The summed E-state index contributed by atoms with van der Waals surface area (Å²) in [5.74, 6) is -2.87. The van der Waals surface area contributed by atoms with E-state index in [-0.39, 0.29) is 37.6 Å². The van der Waals surface area contributed by atoms with Crippen molar-refractivity contribution < 1.29 is 23.9 Å². The minimum atomic E-state index is -1.28. The fraction of sp³-hybridized carbons (Fsp3) is 0.571. The third kappa shape index (κ3) is 7.47. The van der Waals surface area contributed by atoms with E-state index in [1.807, 2.05) is 0 Å². The summed E-state index contributed by atoms with van der Waals surface area (Å²) in [6.07, 6.45) is -0.699. The molecule has 1 rings (SSSR count). The molecule has 0 saturated heterocycles. The van der Waals surface area contributed by atoms with Crippen LogP contribution in [0.5, 0.6) is 0 Å². The monoisotopic (exact) mass is 424 g/mol. The lowest BCUT2D eigenvalue weighted by Crippen LogP contribution is -2.57. The predicted molar refractivity (Wildman–Crippen MR) is 112 cm³/mol. The van der Waals surface area contributed by atoms with Gasteiger partial charge in [-0.05, 0) is 50.6 Å². The maximum absolute atomic E-state index is 13.2. The van der Waals surface area contributed by atoms with E-state index in [2.05, 4.69) is 10.6 Å². The Bertz CT molecular complexity index is 709. The van der Waals surface area contributed by atoms with E-state index in [1.54, 1.807) is 13.8 Å². The number of hydrogen-bond donors (Lipinski definition) is 5. The molecule has 0 aliphatic rings. The highest BCUT2D eigenvalue weighted by atomic mass is 19.1. The molecule has 1 aromatic rings.